The molecule has 0 spiro atoms. The minimum Gasteiger partial charge on any atom is -0.399 e. The van der Waals surface area contributed by atoms with E-state index in [4.69, 9.17) is 16.7 Å². The lowest BCUT2D eigenvalue weighted by Crippen LogP contribution is -2.05. The summed E-state index contributed by atoms with van der Waals surface area (Å²) in [6.45, 7) is 2.58. The van der Waals surface area contributed by atoms with Gasteiger partial charge in [-0.05, 0) is 42.3 Å². The van der Waals surface area contributed by atoms with Crippen molar-refractivity contribution in [3.05, 3.63) is 59.5 Å². The molecule has 4 N–H and O–H groups in total. The van der Waals surface area contributed by atoms with Crippen LogP contribution in [0.5, 0.6) is 0 Å². The topological polar surface area (TPSA) is 132 Å². The minimum absolute atomic E-state index is 0.123. The predicted octanol–water partition coefficient (Wildman–Crippen LogP) is 2.28. The molecular weight excluding hydrogens is 340 g/mol. The molecule has 0 atom stereocenters. The molecule has 4 rings (SSSR count). The fraction of sp³-hybridized carbons (Fsp3) is 0.105. The van der Waals surface area contributed by atoms with Gasteiger partial charge in [-0.3, -0.25) is 4.98 Å². The summed E-state index contributed by atoms with van der Waals surface area (Å²) >= 11 is 0. The first kappa shape index (κ1) is 16.5. The third kappa shape index (κ3) is 3.02. The van der Waals surface area contributed by atoms with Gasteiger partial charge in [0.1, 0.15) is 11.2 Å². The number of hydrogen-bond donors (Lipinski definition) is 2. The number of nitrogens with two attached hydrogens (primary N) is 2. The van der Waals surface area contributed by atoms with Crippen molar-refractivity contribution >= 4 is 22.8 Å². The van der Waals surface area contributed by atoms with Crippen LogP contribution in [0, 0.1) is 18.3 Å². The van der Waals surface area contributed by atoms with Crippen molar-refractivity contribution in [3.8, 4) is 17.5 Å². The molecule has 8 nitrogen and oxygen atoms in total. The maximum Gasteiger partial charge on any atom is 0.222 e. The fourth-order valence-electron chi connectivity index (χ4n) is 2.96. The molecule has 0 saturated heterocycles. The molecular formula is C19H16N8. The van der Waals surface area contributed by atoms with Gasteiger partial charge in [-0.2, -0.15) is 10.2 Å². The number of hydrogen-bond acceptors (Lipinski definition) is 7. The van der Waals surface area contributed by atoms with Crippen molar-refractivity contribution < 1.29 is 0 Å². The van der Waals surface area contributed by atoms with E-state index < -0.39 is 0 Å². The minimum atomic E-state index is 0.123. The highest BCUT2D eigenvalue weighted by atomic mass is 15.1. The van der Waals surface area contributed by atoms with E-state index in [1.54, 1.807) is 24.7 Å². The van der Waals surface area contributed by atoms with E-state index in [1.165, 1.54) is 0 Å². The van der Waals surface area contributed by atoms with E-state index >= 15 is 0 Å². The zero-order valence-corrected chi connectivity index (χ0v) is 14.6. The van der Waals surface area contributed by atoms with Gasteiger partial charge in [0.25, 0.3) is 0 Å². The van der Waals surface area contributed by atoms with Gasteiger partial charge in [0.2, 0.25) is 5.95 Å². The Hall–Kier alpha value is -3.99. The van der Waals surface area contributed by atoms with Gasteiger partial charge in [0.15, 0.2) is 5.65 Å². The number of nitriles is 1. The second-order valence-electron chi connectivity index (χ2n) is 6.20. The maximum absolute atomic E-state index is 9.13. The molecule has 0 saturated carbocycles. The molecule has 0 fully saturated rings. The van der Waals surface area contributed by atoms with E-state index in [9.17, 15) is 0 Å². The lowest BCUT2D eigenvalue weighted by Gasteiger charge is -2.09. The number of aryl methyl sites for hydroxylation is 1. The van der Waals surface area contributed by atoms with Gasteiger partial charge in [-0.1, -0.05) is 6.07 Å². The Morgan fingerprint density at radius 2 is 1.96 bits per heavy atom. The molecule has 0 unspecified atom stereocenters. The van der Waals surface area contributed by atoms with E-state index in [2.05, 4.69) is 26.0 Å². The van der Waals surface area contributed by atoms with Crippen LogP contribution in [0.3, 0.4) is 0 Å². The molecule has 8 heteroatoms. The van der Waals surface area contributed by atoms with Crippen LogP contribution in [0.1, 0.15) is 16.7 Å². The summed E-state index contributed by atoms with van der Waals surface area (Å²) in [6, 6.07) is 11.2. The van der Waals surface area contributed by atoms with Crippen LogP contribution < -0.4 is 11.5 Å². The first-order valence-electron chi connectivity index (χ1n) is 8.25. The Kier molecular flexibility index (Phi) is 3.90. The molecule has 0 aliphatic rings. The number of imidazole rings is 1. The second-order valence-corrected chi connectivity index (χ2v) is 6.20. The molecule has 0 radical (unpaired) electrons. The normalized spacial score (nSPS) is 10.8. The molecule has 27 heavy (non-hydrogen) atoms. The number of anilines is 2. The molecule has 132 valence electrons. The molecule has 3 heterocycles. The summed E-state index contributed by atoms with van der Waals surface area (Å²) < 4.78 is 1.91. The van der Waals surface area contributed by atoms with Crippen molar-refractivity contribution in [1.82, 2.24) is 24.5 Å². The van der Waals surface area contributed by atoms with Crippen molar-refractivity contribution in [1.29, 1.82) is 5.26 Å². The highest BCUT2D eigenvalue weighted by Gasteiger charge is 2.16. The van der Waals surface area contributed by atoms with Crippen molar-refractivity contribution in [2.45, 2.75) is 13.5 Å². The van der Waals surface area contributed by atoms with Gasteiger partial charge in [0.05, 0.1) is 30.2 Å². The van der Waals surface area contributed by atoms with E-state index in [-0.39, 0.29) is 5.95 Å². The molecule has 3 aromatic heterocycles. The number of aromatic nitrogens is 5. The SMILES string of the molecule is Cc1cc(N)ccc1Cn1cnc2c(-c3cc(C#N)ccn3)nc(N)nc21. The zero-order chi connectivity index (χ0) is 19.0. The van der Waals surface area contributed by atoms with Gasteiger partial charge in [-0.25, -0.2) is 9.97 Å². The van der Waals surface area contributed by atoms with E-state index in [0.29, 0.717) is 34.7 Å². The standard InChI is InChI=1S/C19H16N8/c1-11-6-14(21)3-2-13(11)9-27-10-24-17-16(25-19(22)26-18(17)27)15-7-12(8-20)4-5-23-15/h2-7,10H,9,21H2,1H3,(H2,22,25,26). The molecule has 4 aromatic rings. The number of fused-ring (bicyclic) bond motifs is 1. The van der Waals surface area contributed by atoms with Gasteiger partial charge < -0.3 is 16.0 Å². The summed E-state index contributed by atoms with van der Waals surface area (Å²) in [4.78, 5) is 17.4. The highest BCUT2D eigenvalue weighted by molar-refractivity contribution is 5.87. The summed E-state index contributed by atoms with van der Waals surface area (Å²) in [6.07, 6.45) is 3.26. The number of pyridine rings is 1. The lowest BCUT2D eigenvalue weighted by molar-refractivity contribution is 0.808. The summed E-state index contributed by atoms with van der Waals surface area (Å²) in [7, 11) is 0. The lowest BCUT2D eigenvalue weighted by atomic mass is 10.1. The van der Waals surface area contributed by atoms with Crippen LogP contribution in [0.25, 0.3) is 22.6 Å². The quantitative estimate of drug-likeness (QED) is 0.538. The first-order valence-corrected chi connectivity index (χ1v) is 8.25. The average Bonchev–Trinajstić information content (AvgIpc) is 3.06. The largest absolute Gasteiger partial charge is 0.399 e. The summed E-state index contributed by atoms with van der Waals surface area (Å²) in [5.74, 6) is 0.123. The van der Waals surface area contributed by atoms with Crippen LogP contribution >= 0.6 is 0 Å². The Bertz CT molecular complexity index is 1200. The van der Waals surface area contributed by atoms with Crippen LogP contribution in [-0.4, -0.2) is 24.5 Å². The van der Waals surface area contributed by atoms with E-state index in [0.717, 1.165) is 16.8 Å². The Morgan fingerprint density at radius 1 is 1.11 bits per heavy atom. The monoisotopic (exact) mass is 356 g/mol. The highest BCUT2D eigenvalue weighted by Crippen LogP contribution is 2.25. The Balaban J connectivity index is 1.84. The number of nitrogens with zero attached hydrogens (tertiary/aromatic N) is 6. The molecule has 0 bridgehead atoms. The second kappa shape index (κ2) is 6.38. The zero-order valence-electron chi connectivity index (χ0n) is 14.6. The van der Waals surface area contributed by atoms with Crippen LogP contribution in [0.15, 0.2) is 42.9 Å². The number of rotatable bonds is 3. The van der Waals surface area contributed by atoms with Crippen LogP contribution in [0.4, 0.5) is 11.6 Å². The summed E-state index contributed by atoms with van der Waals surface area (Å²) in [5.41, 5.74) is 17.4. The first-order chi connectivity index (χ1) is 13.0. The Labute approximate surface area is 155 Å². The molecule has 1 aromatic carbocycles. The van der Waals surface area contributed by atoms with Gasteiger partial charge in [-0.15, -0.1) is 0 Å². The van der Waals surface area contributed by atoms with Crippen molar-refractivity contribution in [2.24, 2.45) is 0 Å². The number of nitrogen functional groups attached to an aromatic ring is 2. The Morgan fingerprint density at radius 3 is 2.74 bits per heavy atom. The van der Waals surface area contributed by atoms with E-state index in [1.807, 2.05) is 29.7 Å². The van der Waals surface area contributed by atoms with Crippen LogP contribution in [0.2, 0.25) is 0 Å². The van der Waals surface area contributed by atoms with Gasteiger partial charge in [0, 0.05) is 11.9 Å². The van der Waals surface area contributed by atoms with Crippen molar-refractivity contribution in [3.63, 3.8) is 0 Å². The third-order valence-electron chi connectivity index (χ3n) is 4.32. The third-order valence-corrected chi connectivity index (χ3v) is 4.32. The average molecular weight is 356 g/mol. The van der Waals surface area contributed by atoms with Crippen LogP contribution in [-0.2, 0) is 6.54 Å². The summed E-state index contributed by atoms with van der Waals surface area (Å²) in [5, 5.41) is 9.13. The predicted molar refractivity (Wildman–Crippen MR) is 102 cm³/mol. The van der Waals surface area contributed by atoms with Gasteiger partial charge >= 0.3 is 0 Å². The maximum atomic E-state index is 9.13. The fourth-order valence-corrected chi connectivity index (χ4v) is 2.96. The van der Waals surface area contributed by atoms with Crippen molar-refractivity contribution in [2.75, 3.05) is 11.5 Å². The number of benzene rings is 1. The molecule has 0 aliphatic carbocycles. The smallest absolute Gasteiger partial charge is 0.222 e. The molecule has 0 aliphatic heterocycles. The molecule has 0 amide bonds.